The number of urea groups is 1. The molecule has 2 N–H and O–H groups in total. The van der Waals surface area contributed by atoms with E-state index in [0.717, 1.165) is 17.1 Å². The second-order valence-electron chi connectivity index (χ2n) is 8.61. The number of para-hydroxylation sites is 2. The first-order valence-corrected chi connectivity index (χ1v) is 11.7. The normalized spacial score (nSPS) is 14.0. The number of carbonyl (C=O) groups excluding carboxylic acids is 2. The van der Waals surface area contributed by atoms with Crippen molar-refractivity contribution in [2.45, 2.75) is 25.8 Å². The first kappa shape index (κ1) is 22.5. The Morgan fingerprint density at radius 2 is 1.63 bits per heavy atom. The zero-order valence-corrected chi connectivity index (χ0v) is 19.5. The van der Waals surface area contributed by atoms with E-state index in [9.17, 15) is 9.59 Å². The summed E-state index contributed by atoms with van der Waals surface area (Å²) < 4.78 is 7.47. The van der Waals surface area contributed by atoms with Crippen LogP contribution < -0.4 is 10.6 Å². The van der Waals surface area contributed by atoms with Crippen LogP contribution in [0.1, 0.15) is 29.0 Å². The summed E-state index contributed by atoms with van der Waals surface area (Å²) in [6.45, 7) is 2.99. The lowest BCUT2D eigenvalue weighted by atomic mass is 10.0. The lowest BCUT2D eigenvalue weighted by Crippen LogP contribution is -2.47. The summed E-state index contributed by atoms with van der Waals surface area (Å²) >= 11 is 0. The van der Waals surface area contributed by atoms with Crippen LogP contribution in [0.2, 0.25) is 0 Å². The third-order valence-electron chi connectivity index (χ3n) is 6.10. The highest BCUT2D eigenvalue weighted by Gasteiger charge is 2.27. The molecule has 0 atom stereocenters. The number of amides is 3. The van der Waals surface area contributed by atoms with Crippen LogP contribution in [0, 0.1) is 6.92 Å². The Morgan fingerprint density at radius 3 is 2.29 bits per heavy atom. The summed E-state index contributed by atoms with van der Waals surface area (Å²) in [5.74, 6) is 1.10. The first-order valence-electron chi connectivity index (χ1n) is 11.7. The van der Waals surface area contributed by atoms with Crippen molar-refractivity contribution in [1.82, 2.24) is 20.0 Å². The van der Waals surface area contributed by atoms with Gasteiger partial charge in [-0.1, -0.05) is 36.4 Å². The van der Waals surface area contributed by atoms with Gasteiger partial charge < -0.3 is 20.0 Å². The van der Waals surface area contributed by atoms with Gasteiger partial charge in [0, 0.05) is 31.0 Å². The van der Waals surface area contributed by atoms with Crippen molar-refractivity contribution in [2.75, 3.05) is 18.4 Å². The number of rotatable bonds is 5. The van der Waals surface area contributed by atoms with Gasteiger partial charge in [0.15, 0.2) is 5.76 Å². The van der Waals surface area contributed by atoms with Crippen LogP contribution >= 0.6 is 0 Å². The van der Waals surface area contributed by atoms with Gasteiger partial charge in [-0.25, -0.2) is 9.48 Å². The Balaban J connectivity index is 1.27. The number of anilines is 1. The van der Waals surface area contributed by atoms with E-state index < -0.39 is 0 Å². The molecule has 1 saturated heterocycles. The van der Waals surface area contributed by atoms with Crippen LogP contribution in [0.4, 0.5) is 10.5 Å². The lowest BCUT2D eigenvalue weighted by molar-refractivity contribution is 0.0919. The number of benzene rings is 2. The predicted octanol–water partition coefficient (Wildman–Crippen LogP) is 4.87. The fourth-order valence-electron chi connectivity index (χ4n) is 4.21. The van der Waals surface area contributed by atoms with Crippen LogP contribution in [0.3, 0.4) is 0 Å². The Labute approximate surface area is 203 Å². The fraction of sp³-hybridized carbons (Fsp3) is 0.222. The molecule has 178 valence electrons. The number of furan rings is 1. The van der Waals surface area contributed by atoms with Crippen LogP contribution in [0.25, 0.3) is 17.1 Å². The Kier molecular flexibility index (Phi) is 6.34. The van der Waals surface area contributed by atoms with E-state index in [2.05, 4.69) is 15.7 Å². The fourth-order valence-corrected chi connectivity index (χ4v) is 4.21. The molecule has 2 aromatic heterocycles. The van der Waals surface area contributed by atoms with Crippen molar-refractivity contribution in [3.63, 3.8) is 0 Å². The van der Waals surface area contributed by atoms with Gasteiger partial charge in [-0.2, -0.15) is 5.10 Å². The molecule has 0 spiro atoms. The highest BCUT2D eigenvalue weighted by atomic mass is 16.3. The zero-order chi connectivity index (χ0) is 24.2. The van der Waals surface area contributed by atoms with Crippen molar-refractivity contribution in [3.05, 3.63) is 90.3 Å². The van der Waals surface area contributed by atoms with Gasteiger partial charge in [0.1, 0.15) is 11.5 Å². The molecule has 0 radical (unpaired) electrons. The molecule has 0 aliphatic carbocycles. The molecule has 0 bridgehead atoms. The van der Waals surface area contributed by atoms with Crippen LogP contribution in [0.5, 0.6) is 0 Å². The van der Waals surface area contributed by atoms with Gasteiger partial charge >= 0.3 is 6.03 Å². The smallest absolute Gasteiger partial charge is 0.321 e. The zero-order valence-electron chi connectivity index (χ0n) is 19.5. The number of hydrogen-bond donors (Lipinski definition) is 2. The van der Waals surface area contributed by atoms with Crippen molar-refractivity contribution < 1.29 is 14.0 Å². The summed E-state index contributed by atoms with van der Waals surface area (Å²) in [5.41, 5.74) is 2.57. The molecule has 0 saturated carbocycles. The van der Waals surface area contributed by atoms with Crippen molar-refractivity contribution in [3.8, 4) is 17.1 Å². The van der Waals surface area contributed by atoms with E-state index in [1.165, 1.54) is 0 Å². The van der Waals surface area contributed by atoms with E-state index in [1.54, 1.807) is 15.8 Å². The maximum absolute atomic E-state index is 13.3. The quantitative estimate of drug-likeness (QED) is 0.436. The Bertz CT molecular complexity index is 1310. The van der Waals surface area contributed by atoms with E-state index in [1.807, 2.05) is 79.7 Å². The Morgan fingerprint density at radius 1 is 0.943 bits per heavy atom. The molecular formula is C27H27N5O3. The molecule has 2 aromatic carbocycles. The summed E-state index contributed by atoms with van der Waals surface area (Å²) in [6, 6.07) is 22.6. The highest BCUT2D eigenvalue weighted by Crippen LogP contribution is 2.26. The van der Waals surface area contributed by atoms with Gasteiger partial charge in [0.05, 0.1) is 11.3 Å². The van der Waals surface area contributed by atoms with Crippen LogP contribution in [-0.4, -0.2) is 45.8 Å². The molecule has 4 aromatic rings. The minimum absolute atomic E-state index is 0.0328. The third-order valence-corrected chi connectivity index (χ3v) is 6.10. The highest BCUT2D eigenvalue weighted by molar-refractivity contribution is 5.99. The molecule has 1 aliphatic rings. The number of aromatic nitrogens is 2. The first-order chi connectivity index (χ1) is 17.1. The van der Waals surface area contributed by atoms with Gasteiger partial charge in [0.25, 0.3) is 5.91 Å². The molecule has 5 rings (SSSR count). The maximum atomic E-state index is 13.3. The molecule has 1 aliphatic heterocycles. The SMILES string of the molecule is Cc1ccc(-c2nn(-c3ccccc3)cc2C(=O)NC2CCN(C(=O)Nc3ccccc3)CC2)o1. The minimum atomic E-state index is -0.205. The van der Waals surface area contributed by atoms with Gasteiger partial charge in [-0.3, -0.25) is 4.79 Å². The molecule has 3 amide bonds. The van der Waals surface area contributed by atoms with Crippen LogP contribution in [0.15, 0.2) is 83.4 Å². The Hall–Kier alpha value is -4.33. The van der Waals surface area contributed by atoms with Gasteiger partial charge in [0.2, 0.25) is 0 Å². The summed E-state index contributed by atoms with van der Waals surface area (Å²) in [6.07, 6.45) is 3.09. The third kappa shape index (κ3) is 5.11. The number of aryl methyl sites for hydroxylation is 1. The average molecular weight is 470 g/mol. The summed E-state index contributed by atoms with van der Waals surface area (Å²) in [7, 11) is 0. The largest absolute Gasteiger partial charge is 0.460 e. The molecule has 8 nitrogen and oxygen atoms in total. The molecule has 1 fully saturated rings. The summed E-state index contributed by atoms with van der Waals surface area (Å²) in [4.78, 5) is 27.7. The minimum Gasteiger partial charge on any atom is -0.460 e. The van der Waals surface area contributed by atoms with Gasteiger partial charge in [-0.05, 0) is 56.2 Å². The number of piperidine rings is 1. The number of carbonyl (C=O) groups is 2. The van der Waals surface area contributed by atoms with E-state index in [-0.39, 0.29) is 18.0 Å². The summed E-state index contributed by atoms with van der Waals surface area (Å²) in [5, 5.41) is 10.7. The number of likely N-dealkylation sites (tertiary alicyclic amines) is 1. The predicted molar refractivity (Wildman–Crippen MR) is 134 cm³/mol. The van der Waals surface area contributed by atoms with Gasteiger partial charge in [-0.15, -0.1) is 0 Å². The van der Waals surface area contributed by atoms with E-state index in [4.69, 9.17) is 4.42 Å². The maximum Gasteiger partial charge on any atom is 0.321 e. The second-order valence-corrected chi connectivity index (χ2v) is 8.61. The molecule has 0 unspecified atom stereocenters. The molecule has 35 heavy (non-hydrogen) atoms. The van der Waals surface area contributed by atoms with Crippen molar-refractivity contribution in [1.29, 1.82) is 0 Å². The molecule has 3 heterocycles. The topological polar surface area (TPSA) is 92.4 Å². The van der Waals surface area contributed by atoms with Crippen molar-refractivity contribution in [2.24, 2.45) is 0 Å². The number of nitrogens with zero attached hydrogens (tertiary/aromatic N) is 3. The average Bonchev–Trinajstić information content (AvgIpc) is 3.52. The van der Waals surface area contributed by atoms with Crippen molar-refractivity contribution >= 4 is 17.6 Å². The number of hydrogen-bond acceptors (Lipinski definition) is 4. The van der Waals surface area contributed by atoms with E-state index >= 15 is 0 Å². The molecular weight excluding hydrogens is 442 g/mol. The lowest BCUT2D eigenvalue weighted by Gasteiger charge is -2.32. The number of nitrogens with one attached hydrogen (secondary N) is 2. The monoisotopic (exact) mass is 469 g/mol. The molecule has 8 heteroatoms. The second kappa shape index (κ2) is 9.89. The van der Waals surface area contributed by atoms with E-state index in [0.29, 0.717) is 42.9 Å². The van der Waals surface area contributed by atoms with Crippen LogP contribution in [-0.2, 0) is 0 Å². The standard InChI is InChI=1S/C27H27N5O3/c1-19-12-13-24(35-19)25-23(18-32(30-25)22-10-6-3-7-11-22)26(33)28-21-14-16-31(17-15-21)27(34)29-20-8-4-2-5-9-20/h2-13,18,21H,14-17H2,1H3,(H,28,33)(H,29,34).